The first-order chi connectivity index (χ1) is 11.3. The first-order valence-electron chi connectivity index (χ1n) is 5.89. The van der Waals surface area contributed by atoms with E-state index in [0.717, 1.165) is 0 Å². The van der Waals surface area contributed by atoms with Gasteiger partial charge in [-0.1, -0.05) is 75.5 Å². The molecule has 0 bridgehead atoms. The molecule has 0 N–H and O–H groups in total. The topological polar surface area (TPSA) is 0 Å². The van der Waals surface area contributed by atoms with E-state index >= 15 is 0 Å². The SMILES string of the molecule is FC1=C(F)C(Br)(Br)C(F)C(F)=C1SC1=C(F)C(F)C(Br)(Br)C(F)=C1F. The summed E-state index contributed by atoms with van der Waals surface area (Å²) in [4.78, 5) is -2.95. The molecule has 0 aliphatic heterocycles. The first kappa shape index (κ1) is 22.0. The maximum absolute atomic E-state index is 14.0. The van der Waals surface area contributed by atoms with E-state index in [9.17, 15) is 35.1 Å². The lowest BCUT2D eigenvalue weighted by molar-refractivity contribution is 0.291. The van der Waals surface area contributed by atoms with Crippen LogP contribution in [0, 0.1) is 0 Å². The predicted octanol–water partition coefficient (Wildman–Crippen LogP) is 8.06. The summed E-state index contributed by atoms with van der Waals surface area (Å²) in [7, 11) is 0. The highest BCUT2D eigenvalue weighted by molar-refractivity contribution is 9.25. The summed E-state index contributed by atoms with van der Waals surface area (Å²) in [6, 6.07) is 0. The molecule has 0 saturated carbocycles. The minimum atomic E-state index is -2.81. The Labute approximate surface area is 173 Å². The Morgan fingerprint density at radius 2 is 0.920 bits per heavy atom. The smallest absolute Gasteiger partial charge is 0.184 e. The van der Waals surface area contributed by atoms with Crippen LogP contribution in [0.1, 0.15) is 0 Å². The Balaban J connectivity index is 2.57. The molecule has 0 saturated heterocycles. The Morgan fingerprint density at radius 1 is 0.640 bits per heavy atom. The summed E-state index contributed by atoms with van der Waals surface area (Å²) in [6.45, 7) is 0. The lowest BCUT2D eigenvalue weighted by atomic mass is 10.1. The van der Waals surface area contributed by atoms with Crippen LogP contribution in [0.3, 0.4) is 0 Å². The van der Waals surface area contributed by atoms with Crippen LogP contribution in [0.5, 0.6) is 0 Å². The molecular formula is C12H2Br4F8S. The van der Waals surface area contributed by atoms with Gasteiger partial charge in [-0.3, -0.25) is 0 Å². The quantitative estimate of drug-likeness (QED) is 0.216. The number of halogens is 12. The lowest BCUT2D eigenvalue weighted by Crippen LogP contribution is -2.33. The highest BCUT2D eigenvalue weighted by Gasteiger charge is 2.52. The molecule has 13 heteroatoms. The van der Waals surface area contributed by atoms with E-state index < -0.39 is 75.3 Å². The van der Waals surface area contributed by atoms with Gasteiger partial charge in [0.1, 0.15) is 0 Å². The van der Waals surface area contributed by atoms with Crippen molar-refractivity contribution in [3.8, 4) is 0 Å². The van der Waals surface area contributed by atoms with Gasteiger partial charge in [0.25, 0.3) is 0 Å². The molecule has 2 aliphatic rings. The van der Waals surface area contributed by atoms with Crippen molar-refractivity contribution in [3.05, 3.63) is 44.8 Å². The number of hydrogen-bond donors (Lipinski definition) is 0. The molecule has 0 radical (unpaired) electrons. The Hall–Kier alpha value is 0.670. The van der Waals surface area contributed by atoms with Crippen molar-refractivity contribution in [3.63, 3.8) is 0 Å². The molecule has 2 rings (SSSR count). The number of allylic oxidation sites excluding steroid dienone is 6. The Morgan fingerprint density at radius 3 is 1.20 bits per heavy atom. The second kappa shape index (κ2) is 7.25. The summed E-state index contributed by atoms with van der Waals surface area (Å²) in [5, 5.41) is 0. The van der Waals surface area contributed by atoms with Crippen LogP contribution in [0.25, 0.3) is 0 Å². The van der Waals surface area contributed by atoms with Crippen molar-refractivity contribution < 1.29 is 35.1 Å². The van der Waals surface area contributed by atoms with E-state index in [0.29, 0.717) is 0 Å². The zero-order valence-corrected chi connectivity index (χ0v) is 18.3. The van der Waals surface area contributed by atoms with Gasteiger partial charge in [0.15, 0.2) is 53.8 Å². The zero-order valence-electron chi connectivity index (χ0n) is 11.1. The van der Waals surface area contributed by atoms with E-state index in [1.165, 1.54) is 0 Å². The fraction of sp³-hybridized carbons (Fsp3) is 0.333. The molecule has 25 heavy (non-hydrogen) atoms. The molecule has 140 valence electrons. The molecule has 0 heterocycles. The molecule has 0 spiro atoms. The summed E-state index contributed by atoms with van der Waals surface area (Å²) >= 11 is 9.08. The number of rotatable bonds is 2. The number of thioether (sulfide) groups is 1. The van der Waals surface area contributed by atoms with Crippen LogP contribution in [0.15, 0.2) is 44.8 Å². The van der Waals surface area contributed by atoms with Crippen LogP contribution in [0.4, 0.5) is 35.1 Å². The van der Waals surface area contributed by atoms with Gasteiger partial charge in [-0.2, -0.15) is 0 Å². The third-order valence-electron chi connectivity index (χ3n) is 3.09. The average molecular weight is 650 g/mol. The Kier molecular flexibility index (Phi) is 6.37. The highest BCUT2D eigenvalue weighted by atomic mass is 79.9. The van der Waals surface area contributed by atoms with Crippen molar-refractivity contribution in [1.82, 2.24) is 0 Å². The van der Waals surface area contributed by atoms with Gasteiger partial charge >= 0.3 is 0 Å². The second-order valence-corrected chi connectivity index (χ2v) is 12.8. The highest BCUT2D eigenvalue weighted by Crippen LogP contribution is 2.57. The van der Waals surface area contributed by atoms with Crippen LogP contribution in [-0.2, 0) is 0 Å². The second-order valence-electron chi connectivity index (χ2n) is 4.68. The molecule has 2 unspecified atom stereocenters. The van der Waals surface area contributed by atoms with Crippen molar-refractivity contribution in [2.24, 2.45) is 0 Å². The Bertz CT molecular complexity index is 692. The predicted molar refractivity (Wildman–Crippen MR) is 93.3 cm³/mol. The molecule has 0 nitrogen and oxygen atoms in total. The van der Waals surface area contributed by atoms with E-state index in [-0.39, 0.29) is 0 Å². The average Bonchev–Trinajstić information content (AvgIpc) is 2.55. The van der Waals surface area contributed by atoms with Gasteiger partial charge in [-0.25, -0.2) is 35.1 Å². The first-order valence-corrected chi connectivity index (χ1v) is 9.88. The maximum atomic E-state index is 14.0. The molecule has 2 aliphatic carbocycles. The fourth-order valence-corrected chi connectivity index (χ4v) is 4.23. The van der Waals surface area contributed by atoms with E-state index in [4.69, 9.17) is 0 Å². The van der Waals surface area contributed by atoms with Crippen molar-refractivity contribution in [2.45, 2.75) is 18.8 Å². The monoisotopic (exact) mass is 646 g/mol. The van der Waals surface area contributed by atoms with Gasteiger partial charge < -0.3 is 0 Å². The summed E-state index contributed by atoms with van der Waals surface area (Å²) in [6.07, 6.45) is -5.63. The molecule has 2 atom stereocenters. The van der Waals surface area contributed by atoms with Crippen molar-refractivity contribution in [2.75, 3.05) is 0 Å². The number of hydrogen-bond acceptors (Lipinski definition) is 1. The standard InChI is InChI=1S/C12H2Br4F8S/c13-11(14)7(21)1(17)5(2(18)8(11)22)25-6-3(19)9(23)12(15,16)10(24)4(6)20/h7,9H. The third-order valence-corrected chi connectivity index (χ3v) is 7.25. The van der Waals surface area contributed by atoms with Gasteiger partial charge in [0.2, 0.25) is 0 Å². The van der Waals surface area contributed by atoms with Crippen LogP contribution in [-0.4, -0.2) is 18.8 Å². The van der Waals surface area contributed by atoms with E-state index in [2.05, 4.69) is 63.7 Å². The molecule has 0 aromatic rings. The molecule has 0 amide bonds. The largest absolute Gasteiger partial charge is 0.237 e. The summed E-state index contributed by atoms with van der Waals surface area (Å²) < 4.78 is 106. The molecule has 0 aromatic heterocycles. The maximum Gasteiger partial charge on any atom is 0.184 e. The van der Waals surface area contributed by atoms with Crippen LogP contribution >= 0.6 is 75.5 Å². The van der Waals surface area contributed by atoms with E-state index in [1.807, 2.05) is 0 Å². The fourth-order valence-electron chi connectivity index (χ4n) is 1.76. The minimum Gasteiger partial charge on any atom is -0.237 e. The summed E-state index contributed by atoms with van der Waals surface area (Å²) in [5.41, 5.74) is 0. The lowest BCUT2D eigenvalue weighted by Gasteiger charge is -2.30. The van der Waals surface area contributed by atoms with Gasteiger partial charge in [0, 0.05) is 0 Å². The van der Waals surface area contributed by atoms with Gasteiger partial charge in [-0.05, 0) is 0 Å². The van der Waals surface area contributed by atoms with Crippen molar-refractivity contribution >= 4 is 75.5 Å². The van der Waals surface area contributed by atoms with Gasteiger partial charge in [0.05, 0.1) is 9.81 Å². The van der Waals surface area contributed by atoms with Crippen LogP contribution in [0.2, 0.25) is 0 Å². The van der Waals surface area contributed by atoms with E-state index in [1.54, 1.807) is 0 Å². The molecule has 0 aromatic carbocycles. The van der Waals surface area contributed by atoms with Crippen LogP contribution < -0.4 is 0 Å². The normalized spacial score (nSPS) is 29.8. The van der Waals surface area contributed by atoms with Crippen molar-refractivity contribution in [1.29, 1.82) is 0 Å². The minimum absolute atomic E-state index is 0.509. The molecular weight excluding hydrogens is 648 g/mol. The van der Waals surface area contributed by atoms with Gasteiger partial charge in [-0.15, -0.1) is 0 Å². The third kappa shape index (κ3) is 3.44. The molecule has 0 fully saturated rings. The summed E-state index contributed by atoms with van der Waals surface area (Å²) in [5.74, 6) is -11.5. The number of alkyl halides is 6. The zero-order chi connectivity index (χ0) is 19.5.